The molecule has 2 fully saturated rings. The van der Waals surface area contributed by atoms with Gasteiger partial charge in [0.2, 0.25) is 5.91 Å². The molecule has 0 aliphatic carbocycles. The molecule has 1 atom stereocenters. The average Bonchev–Trinajstić information content (AvgIpc) is 2.74. The lowest BCUT2D eigenvalue weighted by Crippen LogP contribution is -2.51. The lowest BCUT2D eigenvalue weighted by molar-refractivity contribution is -0.148. The van der Waals surface area contributed by atoms with Gasteiger partial charge in [0.1, 0.15) is 6.54 Å². The van der Waals surface area contributed by atoms with E-state index in [0.29, 0.717) is 6.04 Å². The number of likely N-dealkylation sites (tertiary alicyclic amines) is 2. The van der Waals surface area contributed by atoms with Gasteiger partial charge >= 0.3 is 5.97 Å². The lowest BCUT2D eigenvalue weighted by atomic mass is 9.93. The molecule has 7 nitrogen and oxygen atoms in total. The number of piperidine rings is 2. The average molecular weight is 389 g/mol. The monoisotopic (exact) mass is 388 g/mol. The van der Waals surface area contributed by atoms with Gasteiger partial charge in [-0.3, -0.25) is 24.4 Å². The fourth-order valence-electron chi connectivity index (χ4n) is 4.38. The van der Waals surface area contributed by atoms with E-state index in [2.05, 4.69) is 31.7 Å². The number of nitrogens with zero attached hydrogens (tertiary/aromatic N) is 4. The van der Waals surface area contributed by atoms with Gasteiger partial charge in [-0.15, -0.1) is 0 Å². The summed E-state index contributed by atoms with van der Waals surface area (Å²) in [6, 6.07) is 4.71. The van der Waals surface area contributed by atoms with Crippen LogP contribution in [0.25, 0.3) is 0 Å². The zero-order valence-corrected chi connectivity index (χ0v) is 17.0. The van der Waals surface area contributed by atoms with Gasteiger partial charge in [0.15, 0.2) is 0 Å². The van der Waals surface area contributed by atoms with Gasteiger partial charge in [-0.2, -0.15) is 0 Å². The van der Waals surface area contributed by atoms with E-state index in [9.17, 15) is 9.59 Å². The quantitative estimate of drug-likeness (QED) is 0.686. The molecule has 3 heterocycles. The Balaban J connectivity index is 1.47. The minimum absolute atomic E-state index is 0.0155. The molecule has 2 aliphatic heterocycles. The third kappa shape index (κ3) is 5.52. The largest absolute Gasteiger partial charge is 0.468 e. The molecular formula is C21H32N4O3. The normalized spacial score (nSPS) is 22.0. The number of hydrogen-bond acceptors (Lipinski definition) is 6. The molecule has 3 rings (SSSR count). The zero-order valence-electron chi connectivity index (χ0n) is 17.0. The molecule has 28 heavy (non-hydrogen) atoms. The Bertz CT molecular complexity index is 646. The minimum atomic E-state index is -0.370. The first-order valence-corrected chi connectivity index (χ1v) is 10.2. The lowest BCUT2D eigenvalue weighted by Gasteiger charge is -2.42. The van der Waals surface area contributed by atoms with Crippen molar-refractivity contribution in [3.63, 3.8) is 0 Å². The second-order valence-corrected chi connectivity index (χ2v) is 7.97. The number of carbonyl (C=O) groups excluding carboxylic acids is 2. The fourth-order valence-corrected chi connectivity index (χ4v) is 4.38. The molecule has 1 amide bonds. The highest BCUT2D eigenvalue weighted by atomic mass is 16.5. The Morgan fingerprint density at radius 2 is 1.89 bits per heavy atom. The van der Waals surface area contributed by atoms with Gasteiger partial charge < -0.3 is 9.64 Å². The highest BCUT2D eigenvalue weighted by molar-refractivity contribution is 5.83. The van der Waals surface area contributed by atoms with E-state index in [0.717, 1.165) is 58.4 Å². The van der Waals surface area contributed by atoms with E-state index in [4.69, 9.17) is 0 Å². The number of methoxy groups -OCH3 is 1. The standard InChI is InChI=1S/C21H32N4O3/c1-23(16-20(26)28-2)21(27)18-4-3-11-25(15-18)19-7-12-24(13-8-19)14-17-5-9-22-10-6-17/h5-6,9-10,18-19H,3-4,7-8,11-16H2,1-2H3. The van der Waals surface area contributed by atoms with Gasteiger partial charge in [-0.1, -0.05) is 0 Å². The zero-order chi connectivity index (χ0) is 19.9. The third-order valence-corrected chi connectivity index (χ3v) is 6.00. The molecule has 1 aromatic rings. The molecule has 0 aromatic carbocycles. The second-order valence-electron chi connectivity index (χ2n) is 7.97. The van der Waals surface area contributed by atoms with Crippen molar-refractivity contribution in [2.45, 2.75) is 38.3 Å². The number of amides is 1. The van der Waals surface area contributed by atoms with Crippen molar-refractivity contribution in [2.24, 2.45) is 5.92 Å². The molecule has 2 aliphatic rings. The number of hydrogen-bond donors (Lipinski definition) is 0. The van der Waals surface area contributed by atoms with Crippen molar-refractivity contribution in [2.75, 3.05) is 46.9 Å². The Morgan fingerprint density at radius 3 is 2.57 bits per heavy atom. The van der Waals surface area contributed by atoms with Crippen LogP contribution in [-0.4, -0.2) is 84.5 Å². The Kier molecular flexibility index (Phi) is 7.39. The first-order valence-electron chi connectivity index (χ1n) is 10.2. The number of pyridine rings is 1. The van der Waals surface area contributed by atoms with E-state index in [1.807, 2.05) is 12.4 Å². The first-order chi connectivity index (χ1) is 13.6. The van der Waals surface area contributed by atoms with Crippen LogP contribution in [0.5, 0.6) is 0 Å². The molecule has 2 saturated heterocycles. The molecule has 0 saturated carbocycles. The number of esters is 1. The SMILES string of the molecule is COC(=O)CN(C)C(=O)C1CCCN(C2CCN(Cc3ccncc3)CC2)C1. The van der Waals surface area contributed by atoms with Crippen molar-refractivity contribution in [1.82, 2.24) is 19.7 Å². The summed E-state index contributed by atoms with van der Waals surface area (Å²) in [6.07, 6.45) is 7.93. The number of likely N-dealkylation sites (N-methyl/N-ethyl adjacent to an activating group) is 1. The molecule has 0 radical (unpaired) electrons. The number of aromatic nitrogens is 1. The number of carbonyl (C=O) groups is 2. The van der Waals surface area contributed by atoms with Crippen LogP contribution in [0.4, 0.5) is 0 Å². The highest BCUT2D eigenvalue weighted by Crippen LogP contribution is 2.25. The van der Waals surface area contributed by atoms with E-state index in [-0.39, 0.29) is 24.3 Å². The summed E-state index contributed by atoms with van der Waals surface area (Å²) in [6.45, 7) is 5.06. The van der Waals surface area contributed by atoms with Crippen LogP contribution in [-0.2, 0) is 20.9 Å². The van der Waals surface area contributed by atoms with Crippen LogP contribution < -0.4 is 0 Å². The van der Waals surface area contributed by atoms with E-state index < -0.39 is 0 Å². The minimum Gasteiger partial charge on any atom is -0.468 e. The summed E-state index contributed by atoms with van der Waals surface area (Å²) in [5.41, 5.74) is 1.31. The van der Waals surface area contributed by atoms with Gasteiger partial charge in [0.25, 0.3) is 0 Å². The summed E-state index contributed by atoms with van der Waals surface area (Å²) in [7, 11) is 3.04. The maximum absolute atomic E-state index is 12.7. The van der Waals surface area contributed by atoms with Crippen LogP contribution in [0.3, 0.4) is 0 Å². The van der Waals surface area contributed by atoms with E-state index in [1.165, 1.54) is 17.6 Å². The molecule has 0 spiro atoms. The third-order valence-electron chi connectivity index (χ3n) is 6.00. The van der Waals surface area contributed by atoms with Gasteiger partial charge in [-0.05, 0) is 63.0 Å². The number of rotatable bonds is 6. The van der Waals surface area contributed by atoms with Crippen molar-refractivity contribution >= 4 is 11.9 Å². The Hall–Kier alpha value is -1.99. The first kappa shape index (κ1) is 20.7. The molecule has 1 aromatic heterocycles. The molecular weight excluding hydrogens is 356 g/mol. The van der Waals surface area contributed by atoms with Crippen LogP contribution in [0.2, 0.25) is 0 Å². The topological polar surface area (TPSA) is 66.0 Å². The summed E-state index contributed by atoms with van der Waals surface area (Å²) < 4.78 is 4.68. The van der Waals surface area contributed by atoms with Gasteiger partial charge in [0, 0.05) is 38.6 Å². The van der Waals surface area contributed by atoms with Gasteiger partial charge in [-0.25, -0.2) is 0 Å². The summed E-state index contributed by atoms with van der Waals surface area (Å²) in [5, 5.41) is 0. The summed E-state index contributed by atoms with van der Waals surface area (Å²) >= 11 is 0. The van der Waals surface area contributed by atoms with Crippen molar-refractivity contribution < 1.29 is 14.3 Å². The predicted octanol–water partition coefficient (Wildman–Crippen LogP) is 1.39. The second kappa shape index (κ2) is 9.98. The molecule has 7 heteroatoms. The Labute approximate surface area is 167 Å². The maximum Gasteiger partial charge on any atom is 0.325 e. The molecule has 1 unspecified atom stereocenters. The predicted molar refractivity (Wildman–Crippen MR) is 106 cm³/mol. The van der Waals surface area contributed by atoms with Crippen molar-refractivity contribution in [3.05, 3.63) is 30.1 Å². The smallest absolute Gasteiger partial charge is 0.325 e. The van der Waals surface area contributed by atoms with Gasteiger partial charge in [0.05, 0.1) is 13.0 Å². The maximum atomic E-state index is 12.7. The molecule has 154 valence electrons. The fraction of sp³-hybridized carbons (Fsp3) is 0.667. The van der Waals surface area contributed by atoms with Crippen molar-refractivity contribution in [1.29, 1.82) is 0 Å². The van der Waals surface area contributed by atoms with Crippen molar-refractivity contribution in [3.8, 4) is 0 Å². The van der Waals surface area contributed by atoms with E-state index in [1.54, 1.807) is 7.05 Å². The van der Waals surface area contributed by atoms with Crippen LogP contribution in [0.1, 0.15) is 31.2 Å². The summed E-state index contributed by atoms with van der Waals surface area (Å²) in [5.74, 6) is -0.325. The highest BCUT2D eigenvalue weighted by Gasteiger charge is 2.33. The van der Waals surface area contributed by atoms with Crippen LogP contribution >= 0.6 is 0 Å². The molecule has 0 N–H and O–H groups in total. The Morgan fingerprint density at radius 1 is 1.18 bits per heavy atom. The number of ether oxygens (including phenoxy) is 1. The summed E-state index contributed by atoms with van der Waals surface area (Å²) in [4.78, 5) is 34.8. The van der Waals surface area contributed by atoms with E-state index >= 15 is 0 Å². The van der Waals surface area contributed by atoms with Crippen LogP contribution in [0, 0.1) is 5.92 Å². The molecule has 0 bridgehead atoms. The van der Waals surface area contributed by atoms with Crippen LogP contribution in [0.15, 0.2) is 24.5 Å².